The average molecular weight is 639 g/mol. The van der Waals surface area contributed by atoms with Gasteiger partial charge in [-0.15, -0.1) is 0 Å². The molecule has 1 fully saturated rings. The van der Waals surface area contributed by atoms with Crippen molar-refractivity contribution in [2.24, 2.45) is 11.8 Å². The van der Waals surface area contributed by atoms with Crippen molar-refractivity contribution in [1.82, 2.24) is 14.7 Å². The Morgan fingerprint density at radius 2 is 1.54 bits per heavy atom. The fourth-order valence-corrected chi connectivity index (χ4v) is 6.59. The van der Waals surface area contributed by atoms with Gasteiger partial charge in [0.05, 0.1) is 17.5 Å². The summed E-state index contributed by atoms with van der Waals surface area (Å²) < 4.78 is 34.2. The molecule has 3 aromatic carbocycles. The standard InChI is InChI=1S/C31H36BrN5O3S/c1-40-26-14-10-22(11-15-26)18-19-33-30-28-4-2-3-5-29(28)36-31(37-30)34-20-23-6-8-24(9-7-23)21-35-41(38,39)27-16-12-25(32)13-17-27/h2-5,10-17,23-24,35H,6-9,18-21H2,1H3,(H2,33,34,36,37)/t23-,24-. The number of aromatic nitrogens is 2. The molecule has 1 aliphatic rings. The second-order valence-corrected chi connectivity index (χ2v) is 13.2. The molecule has 5 rings (SSSR count). The predicted octanol–water partition coefficient (Wildman–Crippen LogP) is 6.25. The van der Waals surface area contributed by atoms with Crippen LogP contribution in [0.4, 0.5) is 11.8 Å². The van der Waals surface area contributed by atoms with E-state index in [1.165, 1.54) is 5.56 Å². The molecule has 0 saturated heterocycles. The van der Waals surface area contributed by atoms with Crippen LogP contribution < -0.4 is 20.1 Å². The van der Waals surface area contributed by atoms with Crippen molar-refractivity contribution in [1.29, 1.82) is 0 Å². The van der Waals surface area contributed by atoms with Crippen LogP contribution in [0.15, 0.2) is 82.2 Å². The third kappa shape index (κ3) is 7.96. The molecule has 0 aliphatic heterocycles. The third-order valence-corrected chi connectivity index (χ3v) is 9.64. The van der Waals surface area contributed by atoms with Crippen LogP contribution in [0.5, 0.6) is 5.75 Å². The summed E-state index contributed by atoms with van der Waals surface area (Å²) in [4.78, 5) is 9.87. The zero-order chi connectivity index (χ0) is 28.7. The highest BCUT2D eigenvalue weighted by Crippen LogP contribution is 2.29. The Morgan fingerprint density at radius 3 is 2.24 bits per heavy atom. The summed E-state index contributed by atoms with van der Waals surface area (Å²) in [5.41, 5.74) is 2.13. The van der Waals surface area contributed by atoms with E-state index >= 15 is 0 Å². The smallest absolute Gasteiger partial charge is 0.240 e. The Bertz CT molecular complexity index is 1540. The van der Waals surface area contributed by atoms with E-state index in [4.69, 9.17) is 14.7 Å². The van der Waals surface area contributed by atoms with E-state index in [1.807, 2.05) is 36.4 Å². The van der Waals surface area contributed by atoms with Crippen molar-refractivity contribution >= 4 is 48.6 Å². The number of fused-ring (bicyclic) bond motifs is 1. The summed E-state index contributed by atoms with van der Waals surface area (Å²) in [6.07, 6.45) is 4.93. The highest BCUT2D eigenvalue weighted by molar-refractivity contribution is 9.10. The number of para-hydroxylation sites is 1. The maximum Gasteiger partial charge on any atom is 0.240 e. The van der Waals surface area contributed by atoms with Crippen LogP contribution >= 0.6 is 15.9 Å². The van der Waals surface area contributed by atoms with E-state index in [0.717, 1.165) is 72.1 Å². The van der Waals surface area contributed by atoms with Crippen molar-refractivity contribution in [3.05, 3.63) is 82.8 Å². The molecule has 1 aliphatic carbocycles. The Labute approximate surface area is 250 Å². The summed E-state index contributed by atoms with van der Waals surface area (Å²) in [5, 5.41) is 7.98. The SMILES string of the molecule is COc1ccc(CCNc2nc(NC[C@H]3CC[C@H](CNS(=O)(=O)c4ccc(Br)cc4)CC3)nc3ccccc23)cc1. The van der Waals surface area contributed by atoms with Gasteiger partial charge in [-0.2, -0.15) is 4.98 Å². The second-order valence-electron chi connectivity index (χ2n) is 10.5. The van der Waals surface area contributed by atoms with E-state index in [0.29, 0.717) is 29.2 Å². The third-order valence-electron chi connectivity index (χ3n) is 7.67. The minimum Gasteiger partial charge on any atom is -0.497 e. The summed E-state index contributed by atoms with van der Waals surface area (Å²) in [7, 11) is -1.82. The van der Waals surface area contributed by atoms with Crippen LogP contribution in [0.2, 0.25) is 0 Å². The molecule has 216 valence electrons. The molecule has 0 amide bonds. The minimum absolute atomic E-state index is 0.295. The van der Waals surface area contributed by atoms with Gasteiger partial charge in [-0.3, -0.25) is 0 Å². The monoisotopic (exact) mass is 637 g/mol. The lowest BCUT2D eigenvalue weighted by atomic mass is 9.82. The number of benzene rings is 3. The van der Waals surface area contributed by atoms with Crippen LogP contribution in [0, 0.1) is 11.8 Å². The van der Waals surface area contributed by atoms with Crippen molar-refractivity contribution < 1.29 is 13.2 Å². The van der Waals surface area contributed by atoms with Gasteiger partial charge in [0.25, 0.3) is 0 Å². The lowest BCUT2D eigenvalue weighted by Crippen LogP contribution is -2.32. The van der Waals surface area contributed by atoms with Gasteiger partial charge >= 0.3 is 0 Å². The van der Waals surface area contributed by atoms with Crippen LogP contribution in [0.3, 0.4) is 0 Å². The van der Waals surface area contributed by atoms with Gasteiger partial charge < -0.3 is 15.4 Å². The van der Waals surface area contributed by atoms with Gasteiger partial charge in [-0.05, 0) is 98.0 Å². The molecule has 0 bridgehead atoms. The molecule has 10 heteroatoms. The van der Waals surface area contributed by atoms with Crippen LogP contribution in [-0.2, 0) is 16.4 Å². The molecule has 41 heavy (non-hydrogen) atoms. The lowest BCUT2D eigenvalue weighted by molar-refractivity contribution is 0.284. The number of hydrogen-bond acceptors (Lipinski definition) is 7. The summed E-state index contributed by atoms with van der Waals surface area (Å²) in [6, 6.07) is 22.9. The molecule has 0 atom stereocenters. The molecule has 1 saturated carbocycles. The Kier molecular flexibility index (Phi) is 9.74. The first-order valence-electron chi connectivity index (χ1n) is 14.0. The molecule has 0 unspecified atom stereocenters. The summed E-state index contributed by atoms with van der Waals surface area (Å²) in [5.74, 6) is 3.15. The van der Waals surface area contributed by atoms with Crippen molar-refractivity contribution in [2.75, 3.05) is 37.4 Å². The molecule has 1 heterocycles. The topological polar surface area (TPSA) is 105 Å². The van der Waals surface area contributed by atoms with Crippen molar-refractivity contribution in [2.45, 2.75) is 37.0 Å². The van der Waals surface area contributed by atoms with Gasteiger partial charge in [-0.25, -0.2) is 18.1 Å². The molecule has 4 aromatic rings. The molecule has 0 spiro atoms. The van der Waals surface area contributed by atoms with E-state index in [1.54, 1.807) is 31.4 Å². The van der Waals surface area contributed by atoms with Gasteiger partial charge in [0.1, 0.15) is 11.6 Å². The first-order valence-corrected chi connectivity index (χ1v) is 16.3. The minimum atomic E-state index is -3.49. The van der Waals surface area contributed by atoms with Crippen LogP contribution in [0.1, 0.15) is 31.2 Å². The van der Waals surface area contributed by atoms with E-state index in [2.05, 4.69) is 43.4 Å². The number of hydrogen-bond donors (Lipinski definition) is 3. The quantitative estimate of drug-likeness (QED) is 0.169. The molecule has 8 nitrogen and oxygen atoms in total. The molecular formula is C31H36BrN5O3S. The Balaban J connectivity index is 1.12. The second kappa shape index (κ2) is 13.6. The predicted molar refractivity (Wildman–Crippen MR) is 168 cm³/mol. The first-order chi connectivity index (χ1) is 19.9. The Morgan fingerprint density at radius 1 is 0.854 bits per heavy atom. The number of nitrogens with zero attached hydrogens (tertiary/aromatic N) is 2. The van der Waals surface area contributed by atoms with Gasteiger partial charge in [0, 0.05) is 29.5 Å². The van der Waals surface area contributed by atoms with Gasteiger partial charge in [0.2, 0.25) is 16.0 Å². The van der Waals surface area contributed by atoms with Gasteiger partial charge in [-0.1, -0.05) is 40.2 Å². The number of halogens is 1. The van der Waals surface area contributed by atoms with Gasteiger partial charge in [0.15, 0.2) is 0 Å². The largest absolute Gasteiger partial charge is 0.497 e. The fraction of sp³-hybridized carbons (Fsp3) is 0.355. The number of sulfonamides is 1. The van der Waals surface area contributed by atoms with Crippen molar-refractivity contribution in [3.63, 3.8) is 0 Å². The normalized spacial score (nSPS) is 17.3. The highest BCUT2D eigenvalue weighted by atomic mass is 79.9. The maximum atomic E-state index is 12.6. The van der Waals surface area contributed by atoms with E-state index in [-0.39, 0.29) is 0 Å². The fourth-order valence-electron chi connectivity index (χ4n) is 5.21. The lowest BCUT2D eigenvalue weighted by Gasteiger charge is -2.28. The van der Waals surface area contributed by atoms with E-state index in [9.17, 15) is 8.42 Å². The van der Waals surface area contributed by atoms with Crippen LogP contribution in [0.25, 0.3) is 10.9 Å². The molecule has 3 N–H and O–H groups in total. The number of methoxy groups -OCH3 is 1. The highest BCUT2D eigenvalue weighted by Gasteiger charge is 2.23. The molecule has 1 aromatic heterocycles. The number of nitrogens with one attached hydrogen (secondary N) is 3. The average Bonchev–Trinajstić information content (AvgIpc) is 3.00. The first kappa shape index (κ1) is 29.3. The van der Waals surface area contributed by atoms with Crippen molar-refractivity contribution in [3.8, 4) is 5.75 Å². The molecule has 0 radical (unpaired) electrons. The number of anilines is 2. The maximum absolute atomic E-state index is 12.6. The number of ether oxygens (including phenoxy) is 1. The zero-order valence-corrected chi connectivity index (χ0v) is 25.5. The molecular weight excluding hydrogens is 602 g/mol. The zero-order valence-electron chi connectivity index (χ0n) is 23.1. The van der Waals surface area contributed by atoms with E-state index < -0.39 is 10.0 Å². The summed E-state index contributed by atoms with van der Waals surface area (Å²) in [6.45, 7) is 2.02. The Hall–Kier alpha value is -3.21. The summed E-state index contributed by atoms with van der Waals surface area (Å²) >= 11 is 3.35. The number of rotatable bonds is 12. The van der Waals surface area contributed by atoms with Crippen LogP contribution in [-0.4, -0.2) is 45.1 Å².